The minimum atomic E-state index is -0.232. The second kappa shape index (κ2) is 36.1. The number of benzene rings is 1. The molecule has 0 bridgehead atoms. The third-order valence-electron chi connectivity index (χ3n) is 12.5. The largest absolute Gasteiger partial charge is 0.445 e. The van der Waals surface area contributed by atoms with Gasteiger partial charge in [0.05, 0.1) is 11.7 Å². The number of hydrogen-bond donors (Lipinski definition) is 0. The van der Waals surface area contributed by atoms with Gasteiger partial charge in [0.1, 0.15) is 6.61 Å². The van der Waals surface area contributed by atoms with Crippen molar-refractivity contribution in [2.75, 3.05) is 13.6 Å². The van der Waals surface area contributed by atoms with Gasteiger partial charge in [0, 0.05) is 13.6 Å². The van der Waals surface area contributed by atoms with Crippen molar-refractivity contribution in [3.63, 3.8) is 0 Å². The van der Waals surface area contributed by atoms with Crippen LogP contribution in [-0.2, 0) is 16.1 Å². The number of carbonyl (C=O) groups excluding carboxylic acids is 1. The van der Waals surface area contributed by atoms with E-state index in [9.17, 15) is 4.79 Å². The highest BCUT2D eigenvalue weighted by molar-refractivity contribution is 5.67. The number of allylic oxidation sites excluding steroid dienone is 8. The highest BCUT2D eigenvalue weighted by atomic mass is 16.6. The van der Waals surface area contributed by atoms with Crippen LogP contribution < -0.4 is 0 Å². The van der Waals surface area contributed by atoms with Crippen LogP contribution >= 0.6 is 0 Å². The molecule has 4 heteroatoms. The fourth-order valence-corrected chi connectivity index (χ4v) is 8.57. The van der Waals surface area contributed by atoms with E-state index in [1.807, 2.05) is 37.4 Å². The smallest absolute Gasteiger partial charge is 0.409 e. The maximum Gasteiger partial charge on any atom is 0.409 e. The Balaban J connectivity index is 1.77. The molecule has 0 saturated heterocycles. The number of amides is 1. The van der Waals surface area contributed by atoms with Crippen LogP contribution in [0.4, 0.5) is 4.79 Å². The zero-order valence-electron chi connectivity index (χ0n) is 39.3. The summed E-state index contributed by atoms with van der Waals surface area (Å²) in [6.45, 7) is 10.4. The predicted molar refractivity (Wildman–Crippen MR) is 257 cm³/mol. The molecule has 0 aromatic heterocycles. The van der Waals surface area contributed by atoms with Gasteiger partial charge < -0.3 is 14.4 Å². The number of carbonyl (C=O) groups is 1. The lowest BCUT2D eigenvalue weighted by Crippen LogP contribution is -2.42. The monoisotopic (exact) mass is 816 g/mol. The molecule has 0 spiro atoms. The third kappa shape index (κ3) is 28.5. The number of nitrogens with zero attached hydrogens (tertiary/aromatic N) is 1. The summed E-state index contributed by atoms with van der Waals surface area (Å²) in [5.74, 6) is 0.992. The highest BCUT2D eigenvalue weighted by Crippen LogP contribution is 2.37. The molecule has 1 aromatic rings. The SMILES string of the molecule is CCCCC/C=C\C/C=C\CCCCCCCCC(C)(CCCCCCCC/C=C\C/C=C\CCCCC)O[C@@H]1C[C@H](CN(C)C(=O)OCc2ccccc2)CC[C@@H]1C. The second-order valence-corrected chi connectivity index (χ2v) is 18.4. The molecule has 0 unspecified atom stereocenters. The van der Waals surface area contributed by atoms with Gasteiger partial charge in [-0.1, -0.05) is 190 Å². The third-order valence-corrected chi connectivity index (χ3v) is 12.5. The molecule has 3 atom stereocenters. The standard InChI is InChI=1S/C55H93NO3/c1-6-8-10-12-14-16-18-20-22-24-26-28-30-32-34-39-45-55(4,46-40-35-33-31-29-27-25-23-21-19-17-15-13-11-9-7-2)59-53-47-52(44-43-50(53)3)48-56(5)54(57)58-49-51-41-37-36-38-42-51/h14-17,20-23,36-38,41-42,50,52-53H,6-13,18-19,24-35,39-40,43-49H2,1-5H3/b16-14-,17-15-,22-20-,23-21-/t50-,52+,53+/m0/s1. The first-order chi connectivity index (χ1) is 28.9. The van der Waals surface area contributed by atoms with Gasteiger partial charge in [0.15, 0.2) is 0 Å². The Morgan fingerprint density at radius 2 is 1.10 bits per heavy atom. The molecule has 0 heterocycles. The molecule has 4 nitrogen and oxygen atoms in total. The van der Waals surface area contributed by atoms with Gasteiger partial charge in [-0.2, -0.15) is 0 Å². The molecule has 0 N–H and O–H groups in total. The van der Waals surface area contributed by atoms with Gasteiger partial charge in [-0.25, -0.2) is 4.79 Å². The van der Waals surface area contributed by atoms with E-state index in [2.05, 4.69) is 76.3 Å². The normalized spacial score (nSPS) is 17.6. The van der Waals surface area contributed by atoms with Crippen LogP contribution in [0.5, 0.6) is 0 Å². The van der Waals surface area contributed by atoms with Crippen LogP contribution in [0, 0.1) is 11.8 Å². The van der Waals surface area contributed by atoms with Crippen molar-refractivity contribution in [2.24, 2.45) is 11.8 Å². The van der Waals surface area contributed by atoms with Gasteiger partial charge >= 0.3 is 6.09 Å². The van der Waals surface area contributed by atoms with Gasteiger partial charge in [-0.05, 0) is 121 Å². The van der Waals surface area contributed by atoms with Crippen LogP contribution in [0.3, 0.4) is 0 Å². The zero-order chi connectivity index (χ0) is 42.5. The lowest BCUT2D eigenvalue weighted by Gasteiger charge is -2.42. The van der Waals surface area contributed by atoms with Gasteiger partial charge in [0.2, 0.25) is 0 Å². The molecule has 336 valence electrons. The lowest BCUT2D eigenvalue weighted by molar-refractivity contribution is -0.131. The fourth-order valence-electron chi connectivity index (χ4n) is 8.57. The van der Waals surface area contributed by atoms with Gasteiger partial charge in [-0.15, -0.1) is 0 Å². The quantitative estimate of drug-likeness (QED) is 0.0500. The second-order valence-electron chi connectivity index (χ2n) is 18.4. The van der Waals surface area contributed by atoms with Gasteiger partial charge in [0.25, 0.3) is 0 Å². The van der Waals surface area contributed by atoms with Gasteiger partial charge in [-0.3, -0.25) is 0 Å². The molecule has 0 aliphatic heterocycles. The summed E-state index contributed by atoms with van der Waals surface area (Å²) in [5, 5.41) is 0. The van der Waals surface area contributed by atoms with Crippen LogP contribution in [0.25, 0.3) is 0 Å². The molecule has 2 rings (SSSR count). The minimum absolute atomic E-state index is 0.0776. The Hall–Kier alpha value is -2.59. The van der Waals surface area contributed by atoms with E-state index >= 15 is 0 Å². The summed E-state index contributed by atoms with van der Waals surface area (Å²) in [4.78, 5) is 14.7. The first kappa shape index (κ1) is 52.5. The average Bonchev–Trinajstić information content (AvgIpc) is 3.24. The summed E-state index contributed by atoms with van der Waals surface area (Å²) in [6.07, 6.45) is 55.3. The Kier molecular flexibility index (Phi) is 32.2. The van der Waals surface area contributed by atoms with Crippen molar-refractivity contribution in [3.8, 4) is 0 Å². The van der Waals surface area contributed by atoms with Crippen molar-refractivity contribution in [3.05, 3.63) is 84.5 Å². The lowest BCUT2D eigenvalue weighted by atomic mass is 9.79. The van der Waals surface area contributed by atoms with Crippen LogP contribution in [0.2, 0.25) is 0 Å². The van der Waals surface area contributed by atoms with E-state index in [1.165, 1.54) is 141 Å². The zero-order valence-corrected chi connectivity index (χ0v) is 39.3. The van der Waals surface area contributed by atoms with E-state index in [0.717, 1.165) is 57.1 Å². The van der Waals surface area contributed by atoms with E-state index in [0.29, 0.717) is 18.4 Å². The average molecular weight is 816 g/mol. The first-order valence-electron chi connectivity index (χ1n) is 25.1. The van der Waals surface area contributed by atoms with Crippen LogP contribution in [-0.4, -0.2) is 36.3 Å². The van der Waals surface area contributed by atoms with Crippen molar-refractivity contribution in [2.45, 2.75) is 232 Å². The fraction of sp³-hybridized carbons (Fsp3) is 0.727. The minimum Gasteiger partial charge on any atom is -0.445 e. The molecule has 1 aliphatic carbocycles. The van der Waals surface area contributed by atoms with E-state index in [4.69, 9.17) is 9.47 Å². The number of hydrogen-bond acceptors (Lipinski definition) is 3. The van der Waals surface area contributed by atoms with E-state index in [1.54, 1.807) is 4.90 Å². The summed E-state index contributed by atoms with van der Waals surface area (Å²) < 4.78 is 12.9. The number of unbranched alkanes of at least 4 members (excludes halogenated alkanes) is 18. The summed E-state index contributed by atoms with van der Waals surface area (Å²) in [5.41, 5.74) is 0.944. The van der Waals surface area contributed by atoms with Crippen molar-refractivity contribution in [1.29, 1.82) is 0 Å². The summed E-state index contributed by atoms with van der Waals surface area (Å²) in [7, 11) is 1.89. The Morgan fingerprint density at radius 3 is 1.59 bits per heavy atom. The topological polar surface area (TPSA) is 38.8 Å². The molecule has 59 heavy (non-hydrogen) atoms. The predicted octanol–water partition coefficient (Wildman–Crippen LogP) is 17.2. The molecule has 0 radical (unpaired) electrons. The maximum atomic E-state index is 12.9. The van der Waals surface area contributed by atoms with Crippen molar-refractivity contribution in [1.82, 2.24) is 4.90 Å². The van der Waals surface area contributed by atoms with E-state index < -0.39 is 0 Å². The Labute approximate surface area is 366 Å². The molecular formula is C55H93NO3. The summed E-state index contributed by atoms with van der Waals surface area (Å²) in [6, 6.07) is 9.96. The molecule has 1 aliphatic rings. The molecule has 1 fully saturated rings. The number of ether oxygens (including phenoxy) is 2. The van der Waals surface area contributed by atoms with Crippen molar-refractivity contribution < 1.29 is 14.3 Å². The molecular weight excluding hydrogens is 723 g/mol. The Morgan fingerprint density at radius 1 is 0.644 bits per heavy atom. The number of rotatable bonds is 36. The van der Waals surface area contributed by atoms with Crippen molar-refractivity contribution >= 4 is 6.09 Å². The highest BCUT2D eigenvalue weighted by Gasteiger charge is 2.35. The molecule has 1 saturated carbocycles. The van der Waals surface area contributed by atoms with E-state index in [-0.39, 0.29) is 17.8 Å². The summed E-state index contributed by atoms with van der Waals surface area (Å²) >= 11 is 0. The molecule has 1 aromatic carbocycles. The van der Waals surface area contributed by atoms with Crippen LogP contribution in [0.15, 0.2) is 78.9 Å². The first-order valence-corrected chi connectivity index (χ1v) is 25.1. The maximum absolute atomic E-state index is 12.9. The Bertz CT molecular complexity index is 1190. The molecule has 1 amide bonds. The van der Waals surface area contributed by atoms with Crippen LogP contribution in [0.1, 0.15) is 219 Å².